The van der Waals surface area contributed by atoms with Gasteiger partial charge in [0.1, 0.15) is 5.69 Å². The third kappa shape index (κ3) is 3.07. The Morgan fingerprint density at radius 1 is 1.27 bits per heavy atom. The van der Waals surface area contributed by atoms with Crippen LogP contribution in [0.15, 0.2) is 41.8 Å². The number of amides is 1. The van der Waals surface area contributed by atoms with E-state index in [1.807, 2.05) is 50.2 Å². The summed E-state index contributed by atoms with van der Waals surface area (Å²) in [4.78, 5) is 16.5. The van der Waals surface area contributed by atoms with Crippen LogP contribution in [0.2, 0.25) is 0 Å². The summed E-state index contributed by atoms with van der Waals surface area (Å²) in [5.74, 6) is -0.173. The maximum absolute atomic E-state index is 12.2. The summed E-state index contributed by atoms with van der Waals surface area (Å²) in [6, 6.07) is 11.8. The van der Waals surface area contributed by atoms with Gasteiger partial charge in [-0.15, -0.1) is 11.3 Å². The molecule has 0 fully saturated rings. The normalized spacial score (nSPS) is 10.6. The Hall–Kier alpha value is -2.47. The zero-order valence-electron chi connectivity index (χ0n) is 12.4. The first-order valence-electron chi connectivity index (χ1n) is 6.95. The van der Waals surface area contributed by atoms with E-state index in [0.29, 0.717) is 17.4 Å². The van der Waals surface area contributed by atoms with E-state index in [2.05, 4.69) is 15.4 Å². The van der Waals surface area contributed by atoms with Crippen molar-refractivity contribution in [2.45, 2.75) is 20.4 Å². The van der Waals surface area contributed by atoms with Gasteiger partial charge in [0.15, 0.2) is 0 Å². The van der Waals surface area contributed by atoms with Crippen molar-refractivity contribution in [3.8, 4) is 5.13 Å². The first-order valence-corrected chi connectivity index (χ1v) is 7.83. The molecule has 3 rings (SSSR count). The van der Waals surface area contributed by atoms with Gasteiger partial charge in [-0.1, -0.05) is 30.3 Å². The molecule has 0 saturated heterocycles. The molecule has 1 aromatic carbocycles. The Kier molecular flexibility index (Phi) is 4.02. The molecule has 0 aliphatic heterocycles. The number of hydrogen-bond acceptors (Lipinski definition) is 4. The van der Waals surface area contributed by atoms with Crippen LogP contribution in [0.3, 0.4) is 0 Å². The van der Waals surface area contributed by atoms with Crippen LogP contribution in [0.5, 0.6) is 0 Å². The van der Waals surface area contributed by atoms with Gasteiger partial charge in [-0.05, 0) is 25.5 Å². The predicted octanol–water partition coefficient (Wildman–Crippen LogP) is 2.88. The van der Waals surface area contributed by atoms with Crippen LogP contribution < -0.4 is 5.32 Å². The molecule has 0 unspecified atom stereocenters. The maximum Gasteiger partial charge on any atom is 0.271 e. The molecule has 2 heterocycles. The topological polar surface area (TPSA) is 59.8 Å². The lowest BCUT2D eigenvalue weighted by molar-refractivity contribution is 0.0946. The Labute approximate surface area is 132 Å². The third-order valence-electron chi connectivity index (χ3n) is 3.21. The van der Waals surface area contributed by atoms with Gasteiger partial charge >= 0.3 is 0 Å². The Bertz CT molecular complexity index is 792. The lowest BCUT2D eigenvalue weighted by Crippen LogP contribution is -2.23. The molecule has 0 spiro atoms. The summed E-state index contributed by atoms with van der Waals surface area (Å²) >= 11 is 1.41. The van der Waals surface area contributed by atoms with Gasteiger partial charge in [-0.25, -0.2) is 9.67 Å². The highest BCUT2D eigenvalue weighted by Crippen LogP contribution is 2.17. The highest BCUT2D eigenvalue weighted by atomic mass is 32.1. The van der Waals surface area contributed by atoms with Gasteiger partial charge in [0, 0.05) is 17.6 Å². The fourth-order valence-electron chi connectivity index (χ4n) is 2.16. The van der Waals surface area contributed by atoms with Crippen molar-refractivity contribution < 1.29 is 4.79 Å². The van der Waals surface area contributed by atoms with Crippen LogP contribution >= 0.6 is 11.3 Å². The van der Waals surface area contributed by atoms with E-state index in [0.717, 1.165) is 17.0 Å². The van der Waals surface area contributed by atoms with Crippen LogP contribution in [-0.4, -0.2) is 20.7 Å². The molecule has 0 aliphatic carbocycles. The minimum atomic E-state index is -0.173. The number of hydrogen-bond donors (Lipinski definition) is 1. The highest BCUT2D eigenvalue weighted by Gasteiger charge is 2.13. The van der Waals surface area contributed by atoms with Crippen LogP contribution in [0.4, 0.5) is 0 Å². The summed E-state index contributed by atoms with van der Waals surface area (Å²) in [6.07, 6.45) is 0. The molecule has 22 heavy (non-hydrogen) atoms. The molecule has 0 radical (unpaired) electrons. The Morgan fingerprint density at radius 3 is 2.73 bits per heavy atom. The standard InChI is InChI=1S/C16H16N4OS/c1-11-8-12(2)20(19-11)16-18-14(10-22-16)15(21)17-9-13-6-4-3-5-7-13/h3-8,10H,9H2,1-2H3,(H,17,21). The molecule has 0 bridgehead atoms. The van der Waals surface area contributed by atoms with Crippen molar-refractivity contribution in [2.75, 3.05) is 0 Å². The molecule has 0 aliphatic rings. The number of carbonyl (C=O) groups is 1. The Morgan fingerprint density at radius 2 is 2.05 bits per heavy atom. The van der Waals surface area contributed by atoms with E-state index in [4.69, 9.17) is 0 Å². The zero-order chi connectivity index (χ0) is 15.5. The number of carbonyl (C=O) groups excluding carboxylic acids is 1. The van der Waals surface area contributed by atoms with Gasteiger partial charge in [0.25, 0.3) is 5.91 Å². The summed E-state index contributed by atoms with van der Waals surface area (Å²) in [5, 5.41) is 9.72. The SMILES string of the molecule is Cc1cc(C)n(-c2nc(C(=O)NCc3ccccc3)cs2)n1. The average Bonchev–Trinajstić information content (AvgIpc) is 3.12. The lowest BCUT2D eigenvalue weighted by atomic mass is 10.2. The molecule has 0 atom stereocenters. The van der Waals surface area contributed by atoms with Crippen molar-refractivity contribution in [2.24, 2.45) is 0 Å². The number of aromatic nitrogens is 3. The molecule has 112 valence electrons. The zero-order valence-corrected chi connectivity index (χ0v) is 13.2. The van der Waals surface area contributed by atoms with Gasteiger partial charge in [0.05, 0.1) is 5.69 Å². The third-order valence-corrected chi connectivity index (χ3v) is 4.03. The first kappa shape index (κ1) is 14.5. The number of rotatable bonds is 4. The number of thiazole rings is 1. The van der Waals surface area contributed by atoms with Gasteiger partial charge in [-0.3, -0.25) is 4.79 Å². The molecule has 5 nitrogen and oxygen atoms in total. The molecule has 6 heteroatoms. The molecule has 2 aromatic heterocycles. The number of nitrogens with zero attached hydrogens (tertiary/aromatic N) is 3. The lowest BCUT2D eigenvalue weighted by Gasteiger charge is -2.03. The van der Waals surface area contributed by atoms with Crippen LogP contribution in [0.25, 0.3) is 5.13 Å². The highest BCUT2D eigenvalue weighted by molar-refractivity contribution is 7.12. The molecule has 0 saturated carbocycles. The fourth-order valence-corrected chi connectivity index (χ4v) is 2.97. The summed E-state index contributed by atoms with van der Waals surface area (Å²) in [6.45, 7) is 4.40. The van der Waals surface area contributed by atoms with E-state index in [1.165, 1.54) is 11.3 Å². The second-order valence-corrected chi connectivity index (χ2v) is 5.86. The van der Waals surface area contributed by atoms with E-state index in [-0.39, 0.29) is 5.91 Å². The smallest absolute Gasteiger partial charge is 0.271 e. The maximum atomic E-state index is 12.2. The van der Waals surface area contributed by atoms with Gasteiger partial charge < -0.3 is 5.32 Å². The monoisotopic (exact) mass is 312 g/mol. The molecular formula is C16H16N4OS. The minimum Gasteiger partial charge on any atom is -0.347 e. The first-order chi connectivity index (χ1) is 10.6. The molecular weight excluding hydrogens is 296 g/mol. The van der Waals surface area contributed by atoms with E-state index < -0.39 is 0 Å². The van der Waals surface area contributed by atoms with E-state index >= 15 is 0 Å². The molecule has 1 N–H and O–H groups in total. The fraction of sp³-hybridized carbons (Fsp3) is 0.188. The van der Waals surface area contributed by atoms with Crippen molar-refractivity contribution in [1.82, 2.24) is 20.1 Å². The Balaban J connectivity index is 1.71. The van der Waals surface area contributed by atoms with Crippen molar-refractivity contribution in [3.63, 3.8) is 0 Å². The molecule has 1 amide bonds. The summed E-state index contributed by atoms with van der Waals surface area (Å²) in [7, 11) is 0. The second kappa shape index (κ2) is 6.11. The van der Waals surface area contributed by atoms with Gasteiger partial charge in [0.2, 0.25) is 5.13 Å². The van der Waals surface area contributed by atoms with Crippen molar-refractivity contribution >= 4 is 17.2 Å². The van der Waals surface area contributed by atoms with Crippen LogP contribution in [-0.2, 0) is 6.54 Å². The molecule has 3 aromatic rings. The van der Waals surface area contributed by atoms with E-state index in [9.17, 15) is 4.79 Å². The van der Waals surface area contributed by atoms with Crippen molar-refractivity contribution in [1.29, 1.82) is 0 Å². The largest absolute Gasteiger partial charge is 0.347 e. The summed E-state index contributed by atoms with van der Waals surface area (Å²) < 4.78 is 1.76. The van der Waals surface area contributed by atoms with Crippen LogP contribution in [0, 0.1) is 13.8 Å². The predicted molar refractivity (Wildman–Crippen MR) is 86.3 cm³/mol. The van der Waals surface area contributed by atoms with E-state index in [1.54, 1.807) is 10.1 Å². The van der Waals surface area contributed by atoms with Gasteiger partial charge in [-0.2, -0.15) is 5.10 Å². The number of nitrogens with one attached hydrogen (secondary N) is 1. The average molecular weight is 312 g/mol. The second-order valence-electron chi connectivity index (χ2n) is 5.02. The van der Waals surface area contributed by atoms with Crippen molar-refractivity contribution in [3.05, 3.63) is 64.4 Å². The number of aryl methyl sites for hydroxylation is 2. The number of benzene rings is 1. The van der Waals surface area contributed by atoms with Crippen LogP contribution in [0.1, 0.15) is 27.4 Å². The quantitative estimate of drug-likeness (QED) is 0.806. The summed E-state index contributed by atoms with van der Waals surface area (Å²) in [5.41, 5.74) is 3.42. The minimum absolute atomic E-state index is 0.173.